The first-order valence-electron chi connectivity index (χ1n) is 5.03. The molecular formula is C11H15NO3. The number of aromatic nitrogens is 1. The third-order valence-corrected chi connectivity index (χ3v) is 3.27. The lowest BCUT2D eigenvalue weighted by Crippen LogP contribution is -2.32. The van der Waals surface area contributed by atoms with E-state index in [2.05, 4.69) is 0 Å². The molecular weight excluding hydrogens is 194 g/mol. The molecule has 0 bridgehead atoms. The van der Waals surface area contributed by atoms with Gasteiger partial charge in [-0.1, -0.05) is 6.92 Å². The third-order valence-electron chi connectivity index (χ3n) is 3.27. The number of aryl methyl sites for hydroxylation is 1. The van der Waals surface area contributed by atoms with Crippen LogP contribution in [0.15, 0.2) is 12.4 Å². The second-order valence-electron chi connectivity index (χ2n) is 4.46. The van der Waals surface area contributed by atoms with Gasteiger partial charge in [-0.3, -0.25) is 4.79 Å². The largest absolute Gasteiger partial charge is 0.481 e. The molecule has 0 aliphatic heterocycles. The Morgan fingerprint density at radius 3 is 2.93 bits per heavy atom. The molecule has 0 saturated heterocycles. The van der Waals surface area contributed by atoms with Crippen LogP contribution in [0.4, 0.5) is 0 Å². The van der Waals surface area contributed by atoms with Crippen molar-refractivity contribution in [2.45, 2.75) is 25.4 Å². The SMILES string of the molecule is CC1Cc2cn(C)cc2C1(O)CC(=O)O. The first-order valence-corrected chi connectivity index (χ1v) is 5.03. The Kier molecular flexibility index (Phi) is 2.12. The Hall–Kier alpha value is -1.29. The molecule has 4 heteroatoms. The molecule has 2 unspecified atom stereocenters. The predicted molar refractivity (Wildman–Crippen MR) is 54.4 cm³/mol. The standard InChI is InChI=1S/C11H15NO3/c1-7-3-8-5-12(2)6-9(8)11(7,15)4-10(13)14/h5-7,15H,3-4H2,1-2H3,(H,13,14). The number of aliphatic carboxylic acids is 1. The maximum atomic E-state index is 10.8. The summed E-state index contributed by atoms with van der Waals surface area (Å²) in [6.45, 7) is 1.89. The van der Waals surface area contributed by atoms with Gasteiger partial charge in [0.2, 0.25) is 0 Å². The molecule has 2 rings (SSSR count). The Bertz CT molecular complexity index is 410. The molecule has 2 N–H and O–H groups in total. The Balaban J connectivity index is 2.42. The summed E-state index contributed by atoms with van der Waals surface area (Å²) in [6, 6.07) is 0. The summed E-state index contributed by atoms with van der Waals surface area (Å²) in [5.41, 5.74) is 0.649. The fourth-order valence-electron chi connectivity index (χ4n) is 2.46. The topological polar surface area (TPSA) is 62.5 Å². The van der Waals surface area contributed by atoms with Crippen LogP contribution in [0.2, 0.25) is 0 Å². The van der Waals surface area contributed by atoms with E-state index in [1.165, 1.54) is 0 Å². The molecule has 1 aliphatic carbocycles. The molecule has 0 aromatic carbocycles. The summed E-state index contributed by atoms with van der Waals surface area (Å²) in [5, 5.41) is 19.2. The zero-order valence-corrected chi connectivity index (χ0v) is 8.90. The molecule has 0 amide bonds. The van der Waals surface area contributed by atoms with E-state index in [9.17, 15) is 9.90 Å². The van der Waals surface area contributed by atoms with Gasteiger partial charge in [0, 0.05) is 25.0 Å². The average molecular weight is 209 g/mol. The van der Waals surface area contributed by atoms with Crippen LogP contribution in [0.5, 0.6) is 0 Å². The average Bonchev–Trinajstić information content (AvgIpc) is 2.53. The number of aliphatic hydroxyl groups is 1. The van der Waals surface area contributed by atoms with Crippen molar-refractivity contribution in [1.29, 1.82) is 0 Å². The minimum atomic E-state index is -1.19. The quantitative estimate of drug-likeness (QED) is 0.760. The van der Waals surface area contributed by atoms with Crippen LogP contribution in [0, 0.1) is 5.92 Å². The molecule has 82 valence electrons. The lowest BCUT2D eigenvalue weighted by atomic mass is 9.86. The highest BCUT2D eigenvalue weighted by Crippen LogP contribution is 2.43. The lowest BCUT2D eigenvalue weighted by molar-refractivity contribution is -0.144. The third kappa shape index (κ3) is 1.45. The van der Waals surface area contributed by atoms with Crippen molar-refractivity contribution in [3.8, 4) is 0 Å². The van der Waals surface area contributed by atoms with Gasteiger partial charge in [0.25, 0.3) is 0 Å². The second-order valence-corrected chi connectivity index (χ2v) is 4.46. The molecule has 0 radical (unpaired) electrons. The Labute approximate surface area is 88.1 Å². The number of nitrogens with zero attached hydrogens (tertiary/aromatic N) is 1. The van der Waals surface area contributed by atoms with Crippen molar-refractivity contribution in [3.63, 3.8) is 0 Å². The second kappa shape index (κ2) is 3.10. The fraction of sp³-hybridized carbons (Fsp3) is 0.545. The molecule has 4 nitrogen and oxygen atoms in total. The van der Waals surface area contributed by atoms with Crippen molar-refractivity contribution >= 4 is 5.97 Å². The van der Waals surface area contributed by atoms with Gasteiger partial charge in [-0.25, -0.2) is 0 Å². The molecule has 1 aromatic rings. The predicted octanol–water partition coefficient (Wildman–Crippen LogP) is 0.880. The van der Waals surface area contributed by atoms with Crippen molar-refractivity contribution in [3.05, 3.63) is 23.5 Å². The molecule has 0 spiro atoms. The monoisotopic (exact) mass is 209 g/mol. The van der Waals surface area contributed by atoms with Crippen LogP contribution in [0.3, 0.4) is 0 Å². The minimum Gasteiger partial charge on any atom is -0.481 e. The Morgan fingerprint density at radius 2 is 2.33 bits per heavy atom. The first kappa shape index (κ1) is 10.2. The normalized spacial score (nSPS) is 29.1. The van der Waals surface area contributed by atoms with Crippen LogP contribution in [-0.4, -0.2) is 20.7 Å². The van der Waals surface area contributed by atoms with Gasteiger partial charge in [0.05, 0.1) is 6.42 Å². The number of carboxylic acid groups (broad SMARTS) is 1. The molecule has 0 fully saturated rings. The zero-order chi connectivity index (χ0) is 11.2. The number of fused-ring (bicyclic) bond motifs is 1. The van der Waals surface area contributed by atoms with E-state index >= 15 is 0 Å². The van der Waals surface area contributed by atoms with Crippen molar-refractivity contribution in [2.24, 2.45) is 13.0 Å². The van der Waals surface area contributed by atoms with Gasteiger partial charge in [0.15, 0.2) is 0 Å². The summed E-state index contributed by atoms with van der Waals surface area (Å²) in [5.74, 6) is -0.985. The van der Waals surface area contributed by atoms with Gasteiger partial charge in [-0.15, -0.1) is 0 Å². The fourth-order valence-corrected chi connectivity index (χ4v) is 2.46. The number of hydrogen-bond donors (Lipinski definition) is 2. The maximum Gasteiger partial charge on any atom is 0.306 e. The Morgan fingerprint density at radius 1 is 1.67 bits per heavy atom. The van der Waals surface area contributed by atoms with Crippen molar-refractivity contribution in [2.75, 3.05) is 0 Å². The van der Waals surface area contributed by atoms with E-state index in [1.807, 2.05) is 30.9 Å². The van der Waals surface area contributed by atoms with Gasteiger partial charge in [-0.05, 0) is 17.9 Å². The van der Waals surface area contributed by atoms with E-state index in [-0.39, 0.29) is 12.3 Å². The zero-order valence-electron chi connectivity index (χ0n) is 8.90. The maximum absolute atomic E-state index is 10.8. The van der Waals surface area contributed by atoms with E-state index < -0.39 is 11.6 Å². The number of hydrogen-bond acceptors (Lipinski definition) is 2. The van der Waals surface area contributed by atoms with Gasteiger partial charge in [0.1, 0.15) is 5.60 Å². The van der Waals surface area contributed by atoms with Crippen LogP contribution in [0.1, 0.15) is 24.5 Å². The molecule has 0 saturated carbocycles. The minimum absolute atomic E-state index is 0.0280. The summed E-state index contributed by atoms with van der Waals surface area (Å²) in [7, 11) is 1.88. The van der Waals surface area contributed by atoms with Crippen LogP contribution in [-0.2, 0) is 23.9 Å². The highest BCUT2D eigenvalue weighted by atomic mass is 16.4. The molecule has 2 atom stereocenters. The van der Waals surface area contributed by atoms with E-state index in [1.54, 1.807) is 0 Å². The highest BCUT2D eigenvalue weighted by molar-refractivity contribution is 5.69. The van der Waals surface area contributed by atoms with Crippen LogP contribution >= 0.6 is 0 Å². The molecule has 1 aromatic heterocycles. The first-order chi connectivity index (χ1) is 6.93. The van der Waals surface area contributed by atoms with E-state index in [0.717, 1.165) is 17.5 Å². The summed E-state index contributed by atoms with van der Waals surface area (Å²) < 4.78 is 1.86. The smallest absolute Gasteiger partial charge is 0.306 e. The van der Waals surface area contributed by atoms with Crippen LogP contribution in [0.25, 0.3) is 0 Å². The van der Waals surface area contributed by atoms with Gasteiger partial charge in [-0.2, -0.15) is 0 Å². The van der Waals surface area contributed by atoms with Gasteiger partial charge < -0.3 is 14.8 Å². The van der Waals surface area contributed by atoms with Crippen molar-refractivity contribution < 1.29 is 15.0 Å². The molecule has 15 heavy (non-hydrogen) atoms. The van der Waals surface area contributed by atoms with E-state index in [0.29, 0.717) is 0 Å². The highest BCUT2D eigenvalue weighted by Gasteiger charge is 2.45. The molecule has 1 heterocycles. The van der Waals surface area contributed by atoms with E-state index in [4.69, 9.17) is 5.11 Å². The molecule has 1 aliphatic rings. The summed E-state index contributed by atoms with van der Waals surface area (Å²) >= 11 is 0. The lowest BCUT2D eigenvalue weighted by Gasteiger charge is -2.26. The number of carboxylic acids is 1. The number of rotatable bonds is 2. The van der Waals surface area contributed by atoms with Gasteiger partial charge >= 0.3 is 5.97 Å². The summed E-state index contributed by atoms with van der Waals surface area (Å²) in [6.07, 6.45) is 4.30. The van der Waals surface area contributed by atoms with Crippen molar-refractivity contribution in [1.82, 2.24) is 4.57 Å². The van der Waals surface area contributed by atoms with Crippen LogP contribution < -0.4 is 0 Å². The number of carbonyl (C=O) groups is 1. The summed E-state index contributed by atoms with van der Waals surface area (Å²) in [4.78, 5) is 10.8.